The predicted molar refractivity (Wildman–Crippen MR) is 114 cm³/mol. The molecule has 0 bridgehead atoms. The number of hydrogen-bond donors (Lipinski definition) is 2. The molecule has 7 nitrogen and oxygen atoms in total. The molecule has 0 saturated heterocycles. The number of carbonyl (C=O) groups is 3. The molecule has 3 amide bonds. The van der Waals surface area contributed by atoms with E-state index in [1.54, 1.807) is 36.0 Å². The fourth-order valence-corrected chi connectivity index (χ4v) is 4.01. The van der Waals surface area contributed by atoms with Gasteiger partial charge in [0.05, 0.1) is 28.0 Å². The second-order valence-corrected chi connectivity index (χ2v) is 7.99. The van der Waals surface area contributed by atoms with Crippen LogP contribution in [0.3, 0.4) is 0 Å². The number of nitrogens with one attached hydrogen (secondary N) is 2. The third-order valence-electron chi connectivity index (χ3n) is 4.90. The molecule has 0 aliphatic carbocycles. The van der Waals surface area contributed by atoms with Crippen LogP contribution in [0.25, 0.3) is 0 Å². The Labute approximate surface area is 182 Å². The Morgan fingerprint density at radius 2 is 1.97 bits per heavy atom. The molecule has 9 heteroatoms. The van der Waals surface area contributed by atoms with Crippen molar-refractivity contribution in [1.82, 2.24) is 10.2 Å². The molecule has 154 valence electrons. The summed E-state index contributed by atoms with van der Waals surface area (Å²) in [6, 6.07) is 13.3. The maximum absolute atomic E-state index is 12.8. The largest absolute Gasteiger partial charge is 0.456 e. The first-order valence-corrected chi connectivity index (χ1v) is 10.7. The molecule has 0 unspecified atom stereocenters. The van der Waals surface area contributed by atoms with Crippen LogP contribution >= 0.6 is 23.4 Å². The summed E-state index contributed by atoms with van der Waals surface area (Å²) >= 11 is 7.67. The van der Waals surface area contributed by atoms with Gasteiger partial charge in [-0.1, -0.05) is 35.9 Å². The van der Waals surface area contributed by atoms with Crippen molar-refractivity contribution in [1.29, 1.82) is 0 Å². The predicted octanol–water partition coefficient (Wildman–Crippen LogP) is 3.58. The Balaban J connectivity index is 1.59. The number of rotatable bonds is 5. The van der Waals surface area contributed by atoms with Gasteiger partial charge in [-0.05, 0) is 36.1 Å². The number of carbonyl (C=O) groups excluding carboxylic acids is 3. The lowest BCUT2D eigenvalue weighted by atomic mass is 9.96. The molecule has 2 aromatic rings. The van der Waals surface area contributed by atoms with E-state index in [2.05, 4.69) is 10.6 Å². The SMILES string of the molecule is CSc1ccc([C@@H]2NC(=O)N(CC(=O)Nc3ccccc3Cl)C3=C2C(=O)OC3)cc1. The van der Waals surface area contributed by atoms with Crippen molar-refractivity contribution >= 4 is 47.0 Å². The molecular formula is C21H18ClN3O4S. The van der Waals surface area contributed by atoms with Crippen molar-refractivity contribution in [3.8, 4) is 0 Å². The highest BCUT2D eigenvalue weighted by Crippen LogP contribution is 2.35. The van der Waals surface area contributed by atoms with E-state index in [-0.39, 0.29) is 13.2 Å². The van der Waals surface area contributed by atoms with Crippen LogP contribution in [0.2, 0.25) is 5.02 Å². The lowest BCUT2D eigenvalue weighted by molar-refractivity contribution is -0.136. The maximum atomic E-state index is 12.8. The number of anilines is 1. The molecule has 1 atom stereocenters. The third-order valence-corrected chi connectivity index (χ3v) is 5.97. The van der Waals surface area contributed by atoms with Crippen molar-refractivity contribution in [2.75, 3.05) is 24.7 Å². The Hall–Kier alpha value is -2.97. The molecule has 0 saturated carbocycles. The first kappa shape index (κ1) is 20.3. The van der Waals surface area contributed by atoms with Crippen LogP contribution in [0.4, 0.5) is 10.5 Å². The number of amides is 3. The highest BCUT2D eigenvalue weighted by Gasteiger charge is 2.42. The molecular weight excluding hydrogens is 426 g/mol. The number of esters is 1. The van der Waals surface area contributed by atoms with E-state index in [1.807, 2.05) is 30.5 Å². The van der Waals surface area contributed by atoms with Crippen LogP contribution in [0.5, 0.6) is 0 Å². The molecule has 0 fully saturated rings. The zero-order valence-corrected chi connectivity index (χ0v) is 17.5. The Morgan fingerprint density at radius 3 is 2.67 bits per heavy atom. The second kappa shape index (κ2) is 8.41. The first-order chi connectivity index (χ1) is 14.5. The average molecular weight is 444 g/mol. The highest BCUT2D eigenvalue weighted by molar-refractivity contribution is 7.98. The molecule has 0 radical (unpaired) electrons. The zero-order valence-electron chi connectivity index (χ0n) is 16.0. The van der Waals surface area contributed by atoms with Crippen LogP contribution in [-0.4, -0.2) is 42.2 Å². The Morgan fingerprint density at radius 1 is 1.23 bits per heavy atom. The molecule has 2 aromatic carbocycles. The number of halogens is 1. The minimum Gasteiger partial charge on any atom is -0.456 e. The highest BCUT2D eigenvalue weighted by atomic mass is 35.5. The monoisotopic (exact) mass is 443 g/mol. The van der Waals surface area contributed by atoms with Crippen molar-refractivity contribution in [2.24, 2.45) is 0 Å². The molecule has 4 rings (SSSR count). The van der Waals surface area contributed by atoms with Crippen molar-refractivity contribution in [3.05, 3.63) is 70.4 Å². The number of benzene rings is 2. The molecule has 0 aromatic heterocycles. The molecule has 2 heterocycles. The third kappa shape index (κ3) is 3.88. The average Bonchev–Trinajstić information content (AvgIpc) is 3.13. The minimum atomic E-state index is -0.624. The van der Waals surface area contributed by atoms with Crippen molar-refractivity contribution in [3.63, 3.8) is 0 Å². The zero-order chi connectivity index (χ0) is 21.3. The fraction of sp³-hybridized carbons (Fsp3) is 0.190. The molecule has 2 aliphatic rings. The van der Waals surface area contributed by atoms with Gasteiger partial charge < -0.3 is 15.4 Å². The molecule has 0 spiro atoms. The van der Waals surface area contributed by atoms with Gasteiger partial charge in [-0.15, -0.1) is 11.8 Å². The fourth-order valence-electron chi connectivity index (χ4n) is 3.42. The summed E-state index contributed by atoms with van der Waals surface area (Å²) in [5, 5.41) is 5.89. The Bertz CT molecular complexity index is 1050. The number of cyclic esters (lactones) is 1. The first-order valence-electron chi connectivity index (χ1n) is 9.14. The molecule has 2 aliphatic heterocycles. The van der Waals surface area contributed by atoms with E-state index < -0.39 is 23.9 Å². The van der Waals surface area contributed by atoms with Crippen LogP contribution in [0.1, 0.15) is 11.6 Å². The van der Waals surface area contributed by atoms with E-state index in [0.29, 0.717) is 22.0 Å². The number of thioether (sulfide) groups is 1. The van der Waals surface area contributed by atoms with Gasteiger partial charge in [-0.3, -0.25) is 9.69 Å². The van der Waals surface area contributed by atoms with Gasteiger partial charge in [-0.2, -0.15) is 0 Å². The topological polar surface area (TPSA) is 87.7 Å². The number of ether oxygens (including phenoxy) is 1. The van der Waals surface area contributed by atoms with Crippen LogP contribution in [0, 0.1) is 0 Å². The van der Waals surface area contributed by atoms with Crippen molar-refractivity contribution < 1.29 is 19.1 Å². The van der Waals surface area contributed by atoms with Crippen LogP contribution in [-0.2, 0) is 14.3 Å². The van der Waals surface area contributed by atoms with Gasteiger partial charge in [0, 0.05) is 4.90 Å². The maximum Gasteiger partial charge on any atom is 0.338 e. The lowest BCUT2D eigenvalue weighted by Crippen LogP contribution is -2.49. The van der Waals surface area contributed by atoms with E-state index in [0.717, 1.165) is 10.5 Å². The van der Waals surface area contributed by atoms with E-state index in [4.69, 9.17) is 16.3 Å². The standard InChI is InChI=1S/C21H18ClN3O4S/c1-30-13-8-6-12(7-9-13)19-18-16(11-29-20(18)27)25(21(28)24-19)10-17(26)23-15-5-3-2-4-14(15)22/h2-9,19H,10-11H2,1H3,(H,23,26)(H,24,28)/t19-/m0/s1. The number of para-hydroxylation sites is 1. The summed E-state index contributed by atoms with van der Waals surface area (Å²) in [7, 11) is 0. The number of urea groups is 1. The van der Waals surface area contributed by atoms with E-state index in [9.17, 15) is 14.4 Å². The summed E-state index contributed by atoms with van der Waals surface area (Å²) < 4.78 is 5.19. The normalized spacial score (nSPS) is 18.1. The van der Waals surface area contributed by atoms with Gasteiger partial charge in [0.25, 0.3) is 0 Å². The summed E-state index contributed by atoms with van der Waals surface area (Å²) in [6.07, 6.45) is 1.97. The van der Waals surface area contributed by atoms with Gasteiger partial charge >= 0.3 is 12.0 Å². The second-order valence-electron chi connectivity index (χ2n) is 6.71. The van der Waals surface area contributed by atoms with Crippen molar-refractivity contribution in [2.45, 2.75) is 10.9 Å². The summed E-state index contributed by atoms with van der Waals surface area (Å²) in [5.41, 5.74) is 1.96. The van der Waals surface area contributed by atoms with E-state index >= 15 is 0 Å². The number of nitrogens with zero attached hydrogens (tertiary/aromatic N) is 1. The molecule has 2 N–H and O–H groups in total. The quantitative estimate of drug-likeness (QED) is 0.544. The smallest absolute Gasteiger partial charge is 0.338 e. The summed E-state index contributed by atoms with van der Waals surface area (Å²) in [4.78, 5) is 40.1. The van der Waals surface area contributed by atoms with E-state index in [1.165, 1.54) is 4.90 Å². The van der Waals surface area contributed by atoms with Gasteiger partial charge in [0.2, 0.25) is 5.91 Å². The van der Waals surface area contributed by atoms with Gasteiger partial charge in [0.15, 0.2) is 0 Å². The van der Waals surface area contributed by atoms with Gasteiger partial charge in [0.1, 0.15) is 13.2 Å². The number of hydrogen-bond acceptors (Lipinski definition) is 5. The van der Waals surface area contributed by atoms with Gasteiger partial charge in [-0.25, -0.2) is 9.59 Å². The lowest BCUT2D eigenvalue weighted by Gasteiger charge is -2.32. The molecule has 30 heavy (non-hydrogen) atoms. The van der Waals surface area contributed by atoms with Crippen LogP contribution in [0.15, 0.2) is 64.7 Å². The summed E-state index contributed by atoms with van der Waals surface area (Å²) in [5.74, 6) is -0.937. The van der Waals surface area contributed by atoms with Crippen LogP contribution < -0.4 is 10.6 Å². The summed E-state index contributed by atoms with van der Waals surface area (Å²) in [6.45, 7) is -0.328. The minimum absolute atomic E-state index is 0.0552. The Kier molecular flexibility index (Phi) is 5.69.